The first-order chi connectivity index (χ1) is 6.25. The van der Waals surface area contributed by atoms with Gasteiger partial charge in [0.05, 0.1) is 0 Å². The highest BCUT2D eigenvalue weighted by Crippen LogP contribution is 2.37. The zero-order valence-corrected chi connectivity index (χ0v) is 8.90. The summed E-state index contributed by atoms with van der Waals surface area (Å²) in [5.41, 5.74) is 5.16. The molecule has 0 aromatic heterocycles. The third kappa shape index (κ3) is 2.04. The van der Waals surface area contributed by atoms with Crippen LogP contribution in [0, 0.1) is 5.92 Å². The largest absolute Gasteiger partial charge is 0.0656 e. The molecule has 0 heterocycles. The van der Waals surface area contributed by atoms with Crippen LogP contribution in [0.5, 0.6) is 0 Å². The standard InChI is InChI=1S/C13H20/c1-10(2)7-11-8-12-5-3-4-6-13(12)9-11/h8,10H,3-7,9H2,1-2H3. The minimum absolute atomic E-state index is 0.826. The first-order valence-corrected chi connectivity index (χ1v) is 5.66. The molecule has 13 heavy (non-hydrogen) atoms. The summed E-state index contributed by atoms with van der Waals surface area (Å²) in [6.07, 6.45) is 10.7. The maximum Gasteiger partial charge on any atom is -0.00993 e. The maximum absolute atomic E-state index is 2.49. The molecule has 0 N–H and O–H groups in total. The van der Waals surface area contributed by atoms with E-state index < -0.39 is 0 Å². The Kier molecular flexibility index (Phi) is 2.57. The number of allylic oxidation sites excluding steroid dienone is 4. The quantitative estimate of drug-likeness (QED) is 0.590. The van der Waals surface area contributed by atoms with Gasteiger partial charge < -0.3 is 0 Å². The van der Waals surface area contributed by atoms with Crippen LogP contribution < -0.4 is 0 Å². The lowest BCUT2D eigenvalue weighted by molar-refractivity contribution is 0.629. The van der Waals surface area contributed by atoms with E-state index in [9.17, 15) is 0 Å². The van der Waals surface area contributed by atoms with E-state index in [0.29, 0.717) is 0 Å². The van der Waals surface area contributed by atoms with Gasteiger partial charge in [0.2, 0.25) is 0 Å². The van der Waals surface area contributed by atoms with E-state index in [-0.39, 0.29) is 0 Å². The number of rotatable bonds is 2. The summed E-state index contributed by atoms with van der Waals surface area (Å²) in [5.74, 6) is 0.826. The Labute approximate surface area is 81.7 Å². The Balaban J connectivity index is 2.00. The molecule has 0 nitrogen and oxygen atoms in total. The minimum Gasteiger partial charge on any atom is -0.0656 e. The van der Waals surface area contributed by atoms with Gasteiger partial charge in [-0.15, -0.1) is 0 Å². The van der Waals surface area contributed by atoms with Gasteiger partial charge in [-0.2, -0.15) is 0 Å². The lowest BCUT2D eigenvalue weighted by Crippen LogP contribution is -1.94. The van der Waals surface area contributed by atoms with E-state index in [4.69, 9.17) is 0 Å². The molecule has 2 aliphatic rings. The lowest BCUT2D eigenvalue weighted by Gasteiger charge is -2.12. The normalized spacial score (nSPS) is 22.2. The Hall–Kier alpha value is -0.520. The van der Waals surface area contributed by atoms with Crippen LogP contribution in [0.25, 0.3) is 0 Å². The zero-order valence-electron chi connectivity index (χ0n) is 8.90. The van der Waals surface area contributed by atoms with Crippen molar-refractivity contribution in [1.82, 2.24) is 0 Å². The van der Waals surface area contributed by atoms with Gasteiger partial charge in [-0.3, -0.25) is 0 Å². The molecule has 0 aliphatic heterocycles. The second-order valence-electron chi connectivity index (χ2n) is 4.91. The number of hydrogen-bond donors (Lipinski definition) is 0. The summed E-state index contributed by atoms with van der Waals surface area (Å²) in [7, 11) is 0. The Morgan fingerprint density at radius 3 is 2.69 bits per heavy atom. The molecular weight excluding hydrogens is 156 g/mol. The monoisotopic (exact) mass is 176 g/mol. The molecule has 2 rings (SSSR count). The van der Waals surface area contributed by atoms with Crippen molar-refractivity contribution < 1.29 is 0 Å². The van der Waals surface area contributed by atoms with Crippen molar-refractivity contribution in [3.05, 3.63) is 22.8 Å². The zero-order chi connectivity index (χ0) is 9.26. The van der Waals surface area contributed by atoms with Gasteiger partial charge in [0.15, 0.2) is 0 Å². The predicted octanol–water partition coefficient (Wildman–Crippen LogP) is 4.23. The number of hydrogen-bond acceptors (Lipinski definition) is 0. The van der Waals surface area contributed by atoms with Crippen molar-refractivity contribution in [3.63, 3.8) is 0 Å². The van der Waals surface area contributed by atoms with Crippen molar-refractivity contribution in [2.75, 3.05) is 0 Å². The first-order valence-electron chi connectivity index (χ1n) is 5.66. The molecule has 0 aromatic carbocycles. The third-order valence-electron chi connectivity index (χ3n) is 3.12. The molecule has 72 valence electrons. The van der Waals surface area contributed by atoms with Crippen LogP contribution in [-0.2, 0) is 0 Å². The molecule has 0 aromatic rings. The molecule has 2 aliphatic carbocycles. The summed E-state index contributed by atoms with van der Waals surface area (Å²) >= 11 is 0. The summed E-state index contributed by atoms with van der Waals surface area (Å²) in [6.45, 7) is 4.64. The van der Waals surface area contributed by atoms with Gasteiger partial charge in [0, 0.05) is 0 Å². The van der Waals surface area contributed by atoms with Crippen LogP contribution in [0.2, 0.25) is 0 Å². The molecule has 0 radical (unpaired) electrons. The highest BCUT2D eigenvalue weighted by atomic mass is 14.2. The van der Waals surface area contributed by atoms with Crippen LogP contribution in [-0.4, -0.2) is 0 Å². The van der Waals surface area contributed by atoms with Crippen molar-refractivity contribution in [2.24, 2.45) is 5.92 Å². The average molecular weight is 176 g/mol. The van der Waals surface area contributed by atoms with Gasteiger partial charge in [0.1, 0.15) is 0 Å². The topological polar surface area (TPSA) is 0 Å². The third-order valence-corrected chi connectivity index (χ3v) is 3.12. The van der Waals surface area contributed by atoms with Crippen LogP contribution in [0.15, 0.2) is 22.8 Å². The van der Waals surface area contributed by atoms with Crippen molar-refractivity contribution in [1.29, 1.82) is 0 Å². The van der Waals surface area contributed by atoms with Crippen LogP contribution in [0.3, 0.4) is 0 Å². The fourth-order valence-corrected chi connectivity index (χ4v) is 2.59. The average Bonchev–Trinajstić information content (AvgIpc) is 2.44. The first kappa shape index (κ1) is 9.05. The fraction of sp³-hybridized carbons (Fsp3) is 0.692. The van der Waals surface area contributed by atoms with Gasteiger partial charge in [0.25, 0.3) is 0 Å². The summed E-state index contributed by atoms with van der Waals surface area (Å²) in [4.78, 5) is 0. The Bertz CT molecular complexity index is 253. The van der Waals surface area contributed by atoms with Gasteiger partial charge in [-0.1, -0.05) is 31.1 Å². The van der Waals surface area contributed by atoms with Crippen LogP contribution in [0.4, 0.5) is 0 Å². The van der Waals surface area contributed by atoms with Crippen LogP contribution >= 0.6 is 0 Å². The molecule has 0 unspecified atom stereocenters. The molecule has 0 saturated carbocycles. The van der Waals surface area contributed by atoms with Gasteiger partial charge in [-0.05, 0) is 50.0 Å². The summed E-state index contributed by atoms with van der Waals surface area (Å²) < 4.78 is 0. The predicted molar refractivity (Wildman–Crippen MR) is 57.6 cm³/mol. The molecule has 0 amide bonds. The van der Waals surface area contributed by atoms with E-state index in [1.807, 2.05) is 0 Å². The second kappa shape index (κ2) is 3.69. The van der Waals surface area contributed by atoms with E-state index >= 15 is 0 Å². The molecule has 0 bridgehead atoms. The van der Waals surface area contributed by atoms with Gasteiger partial charge >= 0.3 is 0 Å². The SMILES string of the molecule is CC(C)CC1=CC2=C(CCCC2)C1. The fourth-order valence-electron chi connectivity index (χ4n) is 2.59. The van der Waals surface area contributed by atoms with E-state index in [0.717, 1.165) is 5.92 Å². The molecule has 0 spiro atoms. The second-order valence-corrected chi connectivity index (χ2v) is 4.91. The maximum atomic E-state index is 2.49. The smallest absolute Gasteiger partial charge is 0.00993 e. The summed E-state index contributed by atoms with van der Waals surface area (Å²) in [6, 6.07) is 0. The van der Waals surface area contributed by atoms with E-state index in [1.165, 1.54) is 38.5 Å². The highest BCUT2D eigenvalue weighted by Gasteiger charge is 2.18. The molecule has 0 saturated heterocycles. The Morgan fingerprint density at radius 2 is 2.00 bits per heavy atom. The minimum atomic E-state index is 0.826. The molecule has 0 fully saturated rings. The van der Waals surface area contributed by atoms with E-state index in [2.05, 4.69) is 19.9 Å². The molecule has 0 heteroatoms. The van der Waals surface area contributed by atoms with Crippen LogP contribution in [0.1, 0.15) is 52.4 Å². The molecular formula is C13H20. The lowest BCUT2D eigenvalue weighted by atomic mass is 9.93. The van der Waals surface area contributed by atoms with Gasteiger partial charge in [-0.25, -0.2) is 0 Å². The highest BCUT2D eigenvalue weighted by molar-refractivity contribution is 5.40. The van der Waals surface area contributed by atoms with E-state index in [1.54, 1.807) is 16.7 Å². The Morgan fingerprint density at radius 1 is 1.23 bits per heavy atom. The molecule has 0 atom stereocenters. The van der Waals surface area contributed by atoms with Crippen molar-refractivity contribution >= 4 is 0 Å². The van der Waals surface area contributed by atoms with Crippen molar-refractivity contribution in [3.8, 4) is 0 Å². The summed E-state index contributed by atoms with van der Waals surface area (Å²) in [5, 5.41) is 0. The van der Waals surface area contributed by atoms with Crippen molar-refractivity contribution in [2.45, 2.75) is 52.4 Å².